The number of amides is 2. The summed E-state index contributed by atoms with van der Waals surface area (Å²) in [4.78, 5) is 32.6. The largest absolute Gasteiger partial charge is 0.355 e. The van der Waals surface area contributed by atoms with Gasteiger partial charge in [-0.2, -0.15) is 0 Å². The van der Waals surface area contributed by atoms with Crippen LogP contribution in [0.1, 0.15) is 40.5 Å². The molecular formula is C25H27N5O2S. The van der Waals surface area contributed by atoms with Crippen LogP contribution in [0.2, 0.25) is 0 Å². The van der Waals surface area contributed by atoms with Gasteiger partial charge in [-0.05, 0) is 56.3 Å². The van der Waals surface area contributed by atoms with Crippen molar-refractivity contribution in [3.8, 4) is 11.3 Å². The Balaban J connectivity index is 1.34. The molecule has 1 aliphatic heterocycles. The van der Waals surface area contributed by atoms with Crippen molar-refractivity contribution in [2.24, 2.45) is 0 Å². The van der Waals surface area contributed by atoms with E-state index < -0.39 is 0 Å². The van der Waals surface area contributed by atoms with Crippen molar-refractivity contribution >= 4 is 38.3 Å². The van der Waals surface area contributed by atoms with E-state index in [4.69, 9.17) is 4.98 Å². The van der Waals surface area contributed by atoms with Gasteiger partial charge in [0.05, 0.1) is 15.9 Å². The molecule has 33 heavy (non-hydrogen) atoms. The molecular weight excluding hydrogens is 434 g/mol. The SMILES string of the molecule is CCN1CCCC1CNC(=O)c1ccc2c(c1)sc1nc(-c3ccc(C(=O)NC)cc3)cn12. The molecule has 8 heteroatoms. The van der Waals surface area contributed by atoms with Crippen LogP contribution in [0.5, 0.6) is 0 Å². The second-order valence-corrected chi connectivity index (χ2v) is 9.36. The minimum Gasteiger partial charge on any atom is -0.355 e. The van der Waals surface area contributed by atoms with Gasteiger partial charge in [0.2, 0.25) is 0 Å². The lowest BCUT2D eigenvalue weighted by atomic mass is 10.1. The van der Waals surface area contributed by atoms with E-state index in [-0.39, 0.29) is 11.8 Å². The molecule has 2 aromatic carbocycles. The third-order valence-electron chi connectivity index (χ3n) is 6.43. The molecule has 0 saturated carbocycles. The fourth-order valence-corrected chi connectivity index (χ4v) is 5.62. The smallest absolute Gasteiger partial charge is 0.251 e. The summed E-state index contributed by atoms with van der Waals surface area (Å²) in [5, 5.41) is 5.75. The Bertz CT molecular complexity index is 1320. The zero-order valence-corrected chi connectivity index (χ0v) is 19.6. The van der Waals surface area contributed by atoms with Crippen LogP contribution in [0.15, 0.2) is 48.7 Å². The second kappa shape index (κ2) is 8.96. The molecule has 1 unspecified atom stereocenters. The molecule has 4 aromatic rings. The fraction of sp³-hybridized carbons (Fsp3) is 0.320. The lowest BCUT2D eigenvalue weighted by Gasteiger charge is -2.22. The third kappa shape index (κ3) is 4.12. The van der Waals surface area contributed by atoms with Crippen LogP contribution in [0, 0.1) is 0 Å². The number of hydrogen-bond donors (Lipinski definition) is 2. The van der Waals surface area contributed by atoms with Crippen molar-refractivity contribution < 1.29 is 9.59 Å². The number of likely N-dealkylation sites (N-methyl/N-ethyl adjacent to an activating group) is 1. The first-order valence-corrected chi connectivity index (χ1v) is 12.2. The highest BCUT2D eigenvalue weighted by molar-refractivity contribution is 7.23. The summed E-state index contributed by atoms with van der Waals surface area (Å²) in [6.07, 6.45) is 4.35. The molecule has 2 aromatic heterocycles. The van der Waals surface area contributed by atoms with Gasteiger partial charge >= 0.3 is 0 Å². The minimum atomic E-state index is -0.107. The Hall–Kier alpha value is -3.23. The second-order valence-electron chi connectivity index (χ2n) is 8.35. The monoisotopic (exact) mass is 461 g/mol. The van der Waals surface area contributed by atoms with Crippen LogP contribution in [0.25, 0.3) is 26.4 Å². The van der Waals surface area contributed by atoms with Gasteiger partial charge in [-0.25, -0.2) is 4.98 Å². The maximum absolute atomic E-state index is 12.8. The van der Waals surface area contributed by atoms with Crippen LogP contribution in [0.3, 0.4) is 0 Å². The van der Waals surface area contributed by atoms with Gasteiger partial charge in [0.25, 0.3) is 11.8 Å². The first kappa shape index (κ1) is 21.6. The van der Waals surface area contributed by atoms with Crippen LogP contribution >= 0.6 is 11.3 Å². The Morgan fingerprint density at radius 3 is 2.67 bits per heavy atom. The number of aromatic nitrogens is 2. The molecule has 170 valence electrons. The number of carbonyl (C=O) groups excluding carboxylic acids is 2. The molecule has 0 radical (unpaired) electrons. The Morgan fingerprint density at radius 1 is 1.12 bits per heavy atom. The van der Waals surface area contributed by atoms with E-state index in [1.54, 1.807) is 30.5 Å². The van der Waals surface area contributed by atoms with E-state index in [0.29, 0.717) is 23.7 Å². The molecule has 2 N–H and O–H groups in total. The van der Waals surface area contributed by atoms with Crippen molar-refractivity contribution in [1.29, 1.82) is 0 Å². The maximum Gasteiger partial charge on any atom is 0.251 e. The highest BCUT2D eigenvalue weighted by Crippen LogP contribution is 2.30. The highest BCUT2D eigenvalue weighted by Gasteiger charge is 2.23. The standard InChI is InChI=1S/C25H27N5O2S/c1-3-29-12-4-5-19(29)14-27-24(32)18-10-11-21-22(13-18)33-25-28-20(15-30(21)25)16-6-8-17(9-7-16)23(31)26-2/h6-11,13,15,19H,3-5,12,14H2,1-2H3,(H,26,31)(H,27,32). The number of fused-ring (bicyclic) bond motifs is 3. The van der Waals surface area contributed by atoms with E-state index in [2.05, 4.69) is 26.9 Å². The van der Waals surface area contributed by atoms with E-state index in [1.165, 1.54) is 6.42 Å². The zero-order valence-electron chi connectivity index (χ0n) is 18.8. The van der Waals surface area contributed by atoms with Crippen LogP contribution in [-0.2, 0) is 0 Å². The number of nitrogens with zero attached hydrogens (tertiary/aromatic N) is 3. The van der Waals surface area contributed by atoms with Crippen molar-refractivity contribution in [1.82, 2.24) is 24.9 Å². The van der Waals surface area contributed by atoms with Gasteiger partial charge in [-0.15, -0.1) is 0 Å². The molecule has 5 rings (SSSR count). The normalized spacial score (nSPS) is 16.5. The van der Waals surface area contributed by atoms with E-state index >= 15 is 0 Å². The molecule has 0 aliphatic carbocycles. The summed E-state index contributed by atoms with van der Waals surface area (Å²) in [6, 6.07) is 13.7. The first-order valence-electron chi connectivity index (χ1n) is 11.3. The Kier molecular flexibility index (Phi) is 5.86. The summed E-state index contributed by atoms with van der Waals surface area (Å²) in [7, 11) is 1.62. The molecule has 0 spiro atoms. The predicted molar refractivity (Wildman–Crippen MR) is 132 cm³/mol. The lowest BCUT2D eigenvalue weighted by Crippen LogP contribution is -2.40. The maximum atomic E-state index is 12.8. The lowest BCUT2D eigenvalue weighted by molar-refractivity contribution is 0.0939. The van der Waals surface area contributed by atoms with Crippen molar-refractivity contribution in [3.05, 3.63) is 59.8 Å². The first-order chi connectivity index (χ1) is 16.1. The average Bonchev–Trinajstić information content (AvgIpc) is 3.56. The number of thiazole rings is 1. The molecule has 1 atom stereocenters. The van der Waals surface area contributed by atoms with Crippen molar-refractivity contribution in [2.75, 3.05) is 26.7 Å². The van der Waals surface area contributed by atoms with Crippen molar-refractivity contribution in [3.63, 3.8) is 0 Å². The van der Waals surface area contributed by atoms with Crippen molar-refractivity contribution in [2.45, 2.75) is 25.8 Å². The Labute approximate surface area is 196 Å². The van der Waals surface area contributed by atoms with Crippen LogP contribution < -0.4 is 10.6 Å². The van der Waals surface area contributed by atoms with Gasteiger partial charge in [0.15, 0.2) is 4.96 Å². The molecule has 7 nitrogen and oxygen atoms in total. The van der Waals surface area contributed by atoms with E-state index in [9.17, 15) is 9.59 Å². The number of benzene rings is 2. The summed E-state index contributed by atoms with van der Waals surface area (Å²) in [5.74, 6) is -0.132. The van der Waals surface area contributed by atoms with E-state index in [1.807, 2.05) is 36.5 Å². The van der Waals surface area contributed by atoms with E-state index in [0.717, 1.165) is 45.9 Å². The van der Waals surface area contributed by atoms with Gasteiger partial charge in [0.1, 0.15) is 0 Å². The summed E-state index contributed by atoms with van der Waals surface area (Å²) in [6.45, 7) is 5.02. The molecule has 0 bridgehead atoms. The number of imidazole rings is 1. The molecule has 1 aliphatic rings. The van der Waals surface area contributed by atoms with Gasteiger partial charge < -0.3 is 10.6 Å². The van der Waals surface area contributed by atoms with Gasteiger partial charge in [0, 0.05) is 42.5 Å². The number of nitrogens with one attached hydrogen (secondary N) is 2. The number of hydrogen-bond acceptors (Lipinski definition) is 5. The third-order valence-corrected chi connectivity index (χ3v) is 7.45. The molecule has 2 amide bonds. The fourth-order valence-electron chi connectivity index (χ4n) is 4.57. The average molecular weight is 462 g/mol. The molecule has 3 heterocycles. The van der Waals surface area contributed by atoms with Gasteiger partial charge in [-0.3, -0.25) is 18.9 Å². The minimum absolute atomic E-state index is 0.0252. The summed E-state index contributed by atoms with van der Waals surface area (Å²) >= 11 is 1.57. The molecule has 1 saturated heterocycles. The van der Waals surface area contributed by atoms with Crippen LogP contribution in [-0.4, -0.2) is 58.8 Å². The number of likely N-dealkylation sites (tertiary alicyclic amines) is 1. The van der Waals surface area contributed by atoms with Crippen LogP contribution in [0.4, 0.5) is 0 Å². The summed E-state index contributed by atoms with van der Waals surface area (Å²) in [5.41, 5.74) is 4.13. The highest BCUT2D eigenvalue weighted by atomic mass is 32.1. The number of carbonyl (C=O) groups is 2. The zero-order chi connectivity index (χ0) is 22.9. The van der Waals surface area contributed by atoms with Gasteiger partial charge in [-0.1, -0.05) is 30.4 Å². The quantitative estimate of drug-likeness (QED) is 0.458. The Morgan fingerprint density at radius 2 is 1.91 bits per heavy atom. The molecule has 1 fully saturated rings. The predicted octanol–water partition coefficient (Wildman–Crippen LogP) is 3.79. The number of rotatable bonds is 6. The summed E-state index contributed by atoms with van der Waals surface area (Å²) < 4.78 is 3.09. The topological polar surface area (TPSA) is 78.7 Å².